The normalized spacial score (nSPS) is 17.2. The molecular formula is C12H19N3O2. The van der Waals surface area contributed by atoms with Crippen LogP contribution in [0.15, 0.2) is 12.4 Å². The number of methoxy groups -OCH3 is 1. The summed E-state index contributed by atoms with van der Waals surface area (Å²) in [7, 11) is 3.34. The molecule has 1 saturated carbocycles. The number of esters is 1. The van der Waals surface area contributed by atoms with Crippen LogP contribution in [-0.2, 0) is 23.1 Å². The number of carbonyl (C=O) groups excluding carboxylic acids is 1. The van der Waals surface area contributed by atoms with Crippen LogP contribution >= 0.6 is 0 Å². The molecule has 1 fully saturated rings. The molecule has 0 amide bonds. The third-order valence-corrected chi connectivity index (χ3v) is 3.18. The maximum absolute atomic E-state index is 11.6. The van der Waals surface area contributed by atoms with Crippen LogP contribution in [0.25, 0.3) is 0 Å². The first kappa shape index (κ1) is 12.1. The Morgan fingerprint density at radius 1 is 1.71 bits per heavy atom. The SMILES string of the molecule is COC(=O)[C@@H](C)N(Cc1cnn(C)c1)C1CC1. The van der Waals surface area contributed by atoms with Gasteiger partial charge in [0.25, 0.3) is 0 Å². The van der Waals surface area contributed by atoms with E-state index in [1.165, 1.54) is 20.0 Å². The van der Waals surface area contributed by atoms with Crippen molar-refractivity contribution in [1.29, 1.82) is 0 Å². The van der Waals surface area contributed by atoms with Crippen molar-refractivity contribution in [1.82, 2.24) is 14.7 Å². The minimum Gasteiger partial charge on any atom is -0.468 e. The number of carbonyl (C=O) groups is 1. The van der Waals surface area contributed by atoms with Gasteiger partial charge in [-0.2, -0.15) is 5.10 Å². The number of aromatic nitrogens is 2. The Morgan fingerprint density at radius 2 is 2.41 bits per heavy atom. The summed E-state index contributed by atoms with van der Waals surface area (Å²) in [6, 6.07) is 0.331. The minimum absolute atomic E-state index is 0.166. The highest BCUT2D eigenvalue weighted by molar-refractivity contribution is 5.75. The molecule has 0 aliphatic heterocycles. The smallest absolute Gasteiger partial charge is 0.322 e. The zero-order valence-electron chi connectivity index (χ0n) is 10.6. The van der Waals surface area contributed by atoms with Crippen LogP contribution in [0.2, 0.25) is 0 Å². The van der Waals surface area contributed by atoms with Gasteiger partial charge in [-0.1, -0.05) is 0 Å². The van der Waals surface area contributed by atoms with Crippen molar-refractivity contribution in [3.05, 3.63) is 18.0 Å². The van der Waals surface area contributed by atoms with Gasteiger partial charge in [0.15, 0.2) is 0 Å². The van der Waals surface area contributed by atoms with E-state index in [1.807, 2.05) is 26.4 Å². The Hall–Kier alpha value is -1.36. The van der Waals surface area contributed by atoms with Gasteiger partial charge in [-0.3, -0.25) is 14.4 Å². The van der Waals surface area contributed by atoms with Crippen molar-refractivity contribution >= 4 is 5.97 Å². The van der Waals surface area contributed by atoms with E-state index in [-0.39, 0.29) is 12.0 Å². The molecule has 1 aliphatic carbocycles. The first-order valence-corrected chi connectivity index (χ1v) is 5.93. The van der Waals surface area contributed by atoms with Crippen LogP contribution in [0, 0.1) is 0 Å². The molecule has 0 unspecified atom stereocenters. The molecule has 0 radical (unpaired) electrons. The van der Waals surface area contributed by atoms with Crippen LogP contribution < -0.4 is 0 Å². The van der Waals surface area contributed by atoms with Crippen LogP contribution in [0.3, 0.4) is 0 Å². The summed E-state index contributed by atoms with van der Waals surface area (Å²) in [5, 5.41) is 4.15. The van der Waals surface area contributed by atoms with Crippen molar-refractivity contribution in [3.8, 4) is 0 Å². The van der Waals surface area contributed by atoms with E-state index in [0.29, 0.717) is 6.04 Å². The summed E-state index contributed by atoms with van der Waals surface area (Å²) in [6.45, 7) is 2.66. The number of nitrogens with zero attached hydrogens (tertiary/aromatic N) is 3. The second-order valence-corrected chi connectivity index (χ2v) is 4.62. The van der Waals surface area contributed by atoms with Gasteiger partial charge in [0.1, 0.15) is 6.04 Å². The molecule has 1 aromatic heterocycles. The van der Waals surface area contributed by atoms with Crippen LogP contribution in [-0.4, -0.2) is 39.8 Å². The predicted molar refractivity (Wildman–Crippen MR) is 63.3 cm³/mol. The van der Waals surface area contributed by atoms with Crippen molar-refractivity contribution in [2.24, 2.45) is 7.05 Å². The summed E-state index contributed by atoms with van der Waals surface area (Å²) in [5.74, 6) is -0.166. The van der Waals surface area contributed by atoms with Gasteiger partial charge >= 0.3 is 5.97 Å². The second-order valence-electron chi connectivity index (χ2n) is 4.62. The fraction of sp³-hybridized carbons (Fsp3) is 0.667. The molecule has 0 saturated heterocycles. The zero-order chi connectivity index (χ0) is 12.4. The third-order valence-electron chi connectivity index (χ3n) is 3.18. The lowest BCUT2D eigenvalue weighted by molar-refractivity contribution is -0.146. The van der Waals surface area contributed by atoms with E-state index in [9.17, 15) is 4.79 Å². The Labute approximate surface area is 101 Å². The quantitative estimate of drug-likeness (QED) is 0.715. The molecule has 5 heteroatoms. The van der Waals surface area contributed by atoms with Crippen LogP contribution in [0.4, 0.5) is 0 Å². The maximum Gasteiger partial charge on any atom is 0.322 e. The molecule has 0 N–H and O–H groups in total. The van der Waals surface area contributed by atoms with Gasteiger partial charge in [0, 0.05) is 31.4 Å². The molecule has 0 bridgehead atoms. The summed E-state index contributed by atoms with van der Waals surface area (Å²) in [5.41, 5.74) is 1.13. The summed E-state index contributed by atoms with van der Waals surface area (Å²) in [4.78, 5) is 13.8. The first-order chi connectivity index (χ1) is 8.11. The van der Waals surface area contributed by atoms with Crippen molar-refractivity contribution < 1.29 is 9.53 Å². The van der Waals surface area contributed by atoms with Gasteiger partial charge in [0.2, 0.25) is 0 Å². The van der Waals surface area contributed by atoms with Crippen LogP contribution in [0.5, 0.6) is 0 Å². The lowest BCUT2D eigenvalue weighted by atomic mass is 10.2. The predicted octanol–water partition coefficient (Wildman–Crippen LogP) is 0.946. The number of hydrogen-bond donors (Lipinski definition) is 0. The Bertz CT molecular complexity index is 398. The van der Waals surface area contributed by atoms with Crippen molar-refractivity contribution in [3.63, 3.8) is 0 Å². The summed E-state index contributed by atoms with van der Waals surface area (Å²) in [6.07, 6.45) is 6.17. The molecule has 1 heterocycles. The van der Waals surface area contributed by atoms with Gasteiger partial charge in [-0.05, 0) is 19.8 Å². The largest absolute Gasteiger partial charge is 0.468 e. The van der Waals surface area contributed by atoms with E-state index in [0.717, 1.165) is 12.1 Å². The molecule has 2 rings (SSSR count). The minimum atomic E-state index is -0.187. The number of rotatable bonds is 5. The fourth-order valence-corrected chi connectivity index (χ4v) is 2.06. The highest BCUT2D eigenvalue weighted by Crippen LogP contribution is 2.30. The second kappa shape index (κ2) is 4.87. The zero-order valence-corrected chi connectivity index (χ0v) is 10.6. The fourth-order valence-electron chi connectivity index (χ4n) is 2.06. The molecule has 0 spiro atoms. The molecule has 1 atom stereocenters. The van der Waals surface area contributed by atoms with Gasteiger partial charge in [-0.15, -0.1) is 0 Å². The number of aryl methyl sites for hydroxylation is 1. The average molecular weight is 237 g/mol. The monoisotopic (exact) mass is 237 g/mol. The van der Waals surface area contributed by atoms with E-state index in [4.69, 9.17) is 4.74 Å². The van der Waals surface area contributed by atoms with E-state index in [1.54, 1.807) is 4.68 Å². The van der Waals surface area contributed by atoms with Crippen molar-refractivity contribution in [2.75, 3.05) is 7.11 Å². The maximum atomic E-state index is 11.6. The molecule has 94 valence electrons. The van der Waals surface area contributed by atoms with E-state index >= 15 is 0 Å². The van der Waals surface area contributed by atoms with Crippen LogP contribution in [0.1, 0.15) is 25.3 Å². The van der Waals surface area contributed by atoms with Gasteiger partial charge in [0.05, 0.1) is 13.3 Å². The van der Waals surface area contributed by atoms with E-state index in [2.05, 4.69) is 10.00 Å². The molecule has 5 nitrogen and oxygen atoms in total. The Morgan fingerprint density at radius 3 is 2.88 bits per heavy atom. The summed E-state index contributed by atoms with van der Waals surface area (Å²) >= 11 is 0. The Balaban J connectivity index is 2.04. The van der Waals surface area contributed by atoms with E-state index < -0.39 is 0 Å². The Kier molecular flexibility index (Phi) is 3.47. The molecular weight excluding hydrogens is 218 g/mol. The lowest BCUT2D eigenvalue weighted by Gasteiger charge is -2.26. The topological polar surface area (TPSA) is 47.4 Å². The van der Waals surface area contributed by atoms with Gasteiger partial charge in [-0.25, -0.2) is 0 Å². The van der Waals surface area contributed by atoms with Crippen molar-refractivity contribution in [2.45, 2.75) is 38.4 Å². The van der Waals surface area contributed by atoms with Gasteiger partial charge < -0.3 is 4.74 Å². The number of hydrogen-bond acceptors (Lipinski definition) is 4. The summed E-state index contributed by atoms with van der Waals surface area (Å²) < 4.78 is 6.59. The highest BCUT2D eigenvalue weighted by Gasteiger charge is 2.35. The molecule has 0 aromatic carbocycles. The standard InChI is InChI=1S/C12H19N3O2/c1-9(12(16)17-3)15(11-4-5-11)8-10-6-13-14(2)7-10/h6-7,9,11H,4-5,8H2,1-3H3/t9-/m1/s1. The average Bonchev–Trinajstić information content (AvgIpc) is 3.08. The molecule has 17 heavy (non-hydrogen) atoms. The molecule has 1 aliphatic rings. The first-order valence-electron chi connectivity index (χ1n) is 5.93. The molecule has 1 aromatic rings. The number of ether oxygens (including phenoxy) is 1. The lowest BCUT2D eigenvalue weighted by Crippen LogP contribution is -2.40. The third kappa shape index (κ3) is 2.85. The highest BCUT2D eigenvalue weighted by atomic mass is 16.5.